The van der Waals surface area contributed by atoms with Gasteiger partial charge in [0.15, 0.2) is 0 Å². The van der Waals surface area contributed by atoms with Gasteiger partial charge in [-0.05, 0) is 44.4 Å². The van der Waals surface area contributed by atoms with Crippen LogP contribution in [0.15, 0.2) is 47.1 Å². The van der Waals surface area contributed by atoms with Crippen LogP contribution in [-0.4, -0.2) is 48.8 Å². The molecule has 8 nitrogen and oxygen atoms in total. The summed E-state index contributed by atoms with van der Waals surface area (Å²) in [5.41, 5.74) is 2.86. The standard InChI is InChI=1S/C26H34O8/c1-15-8-7-9-21(14-31-18(4)27)13-24-25(17(3)26(30)34-24)23(33-20(6)29)12-16(2)11-22(10-15)32-19(5)28/h8,11,13,22-25H,3,7,9-10,12,14H2,1-2,4-6H3/b15-8+,16-11+,21-13-/t22-,23-,24-,25-/m1/s1. The molecule has 0 radical (unpaired) electrons. The van der Waals surface area contributed by atoms with Crippen LogP contribution in [0.1, 0.15) is 60.3 Å². The summed E-state index contributed by atoms with van der Waals surface area (Å²) in [4.78, 5) is 47.4. The molecule has 0 spiro atoms. The Labute approximate surface area is 200 Å². The van der Waals surface area contributed by atoms with Crippen LogP contribution in [0.4, 0.5) is 0 Å². The molecule has 1 aliphatic carbocycles. The Balaban J connectivity index is 2.52. The van der Waals surface area contributed by atoms with Crippen molar-refractivity contribution in [3.63, 3.8) is 0 Å². The van der Waals surface area contributed by atoms with Crippen LogP contribution in [-0.2, 0) is 38.1 Å². The molecule has 4 atom stereocenters. The Morgan fingerprint density at radius 2 is 1.68 bits per heavy atom. The first kappa shape index (κ1) is 27.1. The SMILES string of the molecule is C=C1C(=O)O[C@@H]2/C=C(\COC(C)=O)CC/C=C(\C)C[C@@H](OC(C)=O)/C=C(\C)C[C@@H](OC(C)=O)[C@@H]12. The van der Waals surface area contributed by atoms with E-state index in [1.807, 2.05) is 26.0 Å². The lowest BCUT2D eigenvalue weighted by atomic mass is 9.86. The van der Waals surface area contributed by atoms with Gasteiger partial charge in [0.1, 0.15) is 24.9 Å². The van der Waals surface area contributed by atoms with Crippen molar-refractivity contribution in [2.24, 2.45) is 5.92 Å². The third-order valence-electron chi connectivity index (χ3n) is 5.63. The van der Waals surface area contributed by atoms with Crippen LogP contribution in [0.3, 0.4) is 0 Å². The topological polar surface area (TPSA) is 105 Å². The third-order valence-corrected chi connectivity index (χ3v) is 5.63. The zero-order valence-corrected chi connectivity index (χ0v) is 20.6. The molecule has 8 heteroatoms. The van der Waals surface area contributed by atoms with E-state index < -0.39 is 48.1 Å². The lowest BCUT2D eigenvalue weighted by molar-refractivity contribution is -0.149. The molecule has 2 rings (SSSR count). The highest BCUT2D eigenvalue weighted by Gasteiger charge is 2.44. The number of esters is 4. The van der Waals surface area contributed by atoms with Gasteiger partial charge in [-0.15, -0.1) is 0 Å². The van der Waals surface area contributed by atoms with Crippen molar-refractivity contribution in [1.29, 1.82) is 0 Å². The number of carbonyl (C=O) groups excluding carboxylic acids is 4. The van der Waals surface area contributed by atoms with Gasteiger partial charge in [-0.1, -0.05) is 23.8 Å². The van der Waals surface area contributed by atoms with Gasteiger partial charge in [0.2, 0.25) is 0 Å². The van der Waals surface area contributed by atoms with Gasteiger partial charge in [0, 0.05) is 39.2 Å². The first-order valence-corrected chi connectivity index (χ1v) is 11.4. The summed E-state index contributed by atoms with van der Waals surface area (Å²) in [7, 11) is 0. The molecule has 0 amide bonds. The summed E-state index contributed by atoms with van der Waals surface area (Å²) >= 11 is 0. The molecule has 0 aromatic carbocycles. The Morgan fingerprint density at radius 3 is 2.29 bits per heavy atom. The van der Waals surface area contributed by atoms with Gasteiger partial charge in [0.25, 0.3) is 0 Å². The van der Waals surface area contributed by atoms with Crippen molar-refractivity contribution in [1.82, 2.24) is 0 Å². The maximum Gasteiger partial charge on any atom is 0.334 e. The highest BCUT2D eigenvalue weighted by atomic mass is 16.6. The molecule has 34 heavy (non-hydrogen) atoms. The zero-order chi connectivity index (χ0) is 25.4. The fourth-order valence-electron chi connectivity index (χ4n) is 4.22. The number of ether oxygens (including phenoxy) is 4. The number of hydrogen-bond acceptors (Lipinski definition) is 8. The average molecular weight is 475 g/mol. The Kier molecular flexibility index (Phi) is 9.83. The lowest BCUT2D eigenvalue weighted by Crippen LogP contribution is -2.33. The minimum absolute atomic E-state index is 0.0582. The summed E-state index contributed by atoms with van der Waals surface area (Å²) in [5.74, 6) is -2.48. The van der Waals surface area contributed by atoms with Crippen molar-refractivity contribution < 1.29 is 38.1 Å². The Hall–Kier alpha value is -3.16. The van der Waals surface area contributed by atoms with E-state index in [0.29, 0.717) is 25.7 Å². The number of fused-ring (bicyclic) bond motifs is 1. The quantitative estimate of drug-likeness (QED) is 0.261. The minimum atomic E-state index is -0.722. The zero-order valence-electron chi connectivity index (χ0n) is 20.6. The largest absolute Gasteiger partial charge is 0.461 e. The molecule has 1 saturated heterocycles. The van der Waals surface area contributed by atoms with E-state index in [0.717, 1.165) is 16.7 Å². The maximum absolute atomic E-state index is 12.4. The van der Waals surface area contributed by atoms with Crippen LogP contribution < -0.4 is 0 Å². The van der Waals surface area contributed by atoms with E-state index in [4.69, 9.17) is 18.9 Å². The highest BCUT2D eigenvalue weighted by molar-refractivity contribution is 5.91. The summed E-state index contributed by atoms with van der Waals surface area (Å²) < 4.78 is 21.9. The van der Waals surface area contributed by atoms with Crippen LogP contribution in [0.25, 0.3) is 0 Å². The summed E-state index contributed by atoms with van der Waals surface area (Å²) in [6.07, 6.45) is 5.76. The molecular formula is C26H34O8. The molecule has 186 valence electrons. The molecular weight excluding hydrogens is 440 g/mol. The van der Waals surface area contributed by atoms with Crippen LogP contribution in [0, 0.1) is 5.92 Å². The molecule has 1 fully saturated rings. The summed E-state index contributed by atoms with van der Waals surface area (Å²) in [6.45, 7) is 11.8. The van der Waals surface area contributed by atoms with Gasteiger partial charge in [-0.3, -0.25) is 14.4 Å². The van der Waals surface area contributed by atoms with Crippen molar-refractivity contribution in [2.45, 2.75) is 78.6 Å². The van der Waals surface area contributed by atoms with Crippen LogP contribution in [0.2, 0.25) is 0 Å². The number of allylic oxidation sites excluding steroid dienone is 1. The van der Waals surface area contributed by atoms with Gasteiger partial charge in [0.05, 0.1) is 5.92 Å². The van der Waals surface area contributed by atoms with Gasteiger partial charge < -0.3 is 18.9 Å². The third kappa shape index (κ3) is 8.32. The van der Waals surface area contributed by atoms with Crippen LogP contribution >= 0.6 is 0 Å². The van der Waals surface area contributed by atoms with Crippen molar-refractivity contribution in [2.75, 3.05) is 6.61 Å². The van der Waals surface area contributed by atoms with Crippen LogP contribution in [0.5, 0.6) is 0 Å². The predicted molar refractivity (Wildman–Crippen MR) is 124 cm³/mol. The number of carbonyl (C=O) groups is 4. The second-order valence-electron chi connectivity index (χ2n) is 8.83. The fourth-order valence-corrected chi connectivity index (χ4v) is 4.22. The number of hydrogen-bond donors (Lipinski definition) is 0. The van der Waals surface area contributed by atoms with Crippen molar-refractivity contribution in [3.8, 4) is 0 Å². The molecule has 1 heterocycles. The first-order valence-electron chi connectivity index (χ1n) is 11.4. The number of rotatable bonds is 4. The minimum Gasteiger partial charge on any atom is -0.461 e. The smallest absolute Gasteiger partial charge is 0.334 e. The molecule has 0 bridgehead atoms. The second-order valence-corrected chi connectivity index (χ2v) is 8.83. The van der Waals surface area contributed by atoms with Crippen molar-refractivity contribution in [3.05, 3.63) is 47.1 Å². The molecule has 0 unspecified atom stereocenters. The van der Waals surface area contributed by atoms with E-state index in [1.165, 1.54) is 20.8 Å². The fraction of sp³-hybridized carbons (Fsp3) is 0.538. The van der Waals surface area contributed by atoms with E-state index >= 15 is 0 Å². The Bertz CT molecular complexity index is 923. The highest BCUT2D eigenvalue weighted by Crippen LogP contribution is 2.36. The molecule has 0 saturated carbocycles. The normalized spacial score (nSPS) is 30.7. The van der Waals surface area contributed by atoms with Gasteiger partial charge in [-0.2, -0.15) is 0 Å². The molecule has 0 aromatic rings. The average Bonchev–Trinajstić information content (AvgIpc) is 2.97. The van der Waals surface area contributed by atoms with E-state index in [9.17, 15) is 19.2 Å². The van der Waals surface area contributed by atoms with E-state index in [1.54, 1.807) is 6.08 Å². The molecule has 1 aliphatic heterocycles. The second kappa shape index (κ2) is 12.3. The maximum atomic E-state index is 12.4. The monoisotopic (exact) mass is 474 g/mol. The van der Waals surface area contributed by atoms with Gasteiger partial charge >= 0.3 is 23.9 Å². The lowest BCUT2D eigenvalue weighted by Gasteiger charge is -2.27. The summed E-state index contributed by atoms with van der Waals surface area (Å²) in [5, 5.41) is 0. The van der Waals surface area contributed by atoms with Gasteiger partial charge in [-0.25, -0.2) is 4.79 Å². The Morgan fingerprint density at radius 1 is 1.00 bits per heavy atom. The van der Waals surface area contributed by atoms with Crippen molar-refractivity contribution >= 4 is 23.9 Å². The first-order chi connectivity index (χ1) is 16.0. The predicted octanol–water partition coefficient (Wildman–Crippen LogP) is 3.90. The van der Waals surface area contributed by atoms with E-state index in [-0.39, 0.29) is 12.2 Å². The summed E-state index contributed by atoms with van der Waals surface area (Å²) in [6, 6.07) is 0. The van der Waals surface area contributed by atoms with E-state index in [2.05, 4.69) is 6.58 Å². The molecule has 0 N–H and O–H groups in total. The molecule has 0 aromatic heterocycles. The molecule has 2 aliphatic rings.